The first-order valence-electron chi connectivity index (χ1n) is 9.88. The third-order valence-corrected chi connectivity index (χ3v) is 6.72. The number of benzene rings is 2. The summed E-state index contributed by atoms with van der Waals surface area (Å²) in [7, 11) is 0. The number of anilines is 2. The van der Waals surface area contributed by atoms with Gasteiger partial charge in [0.15, 0.2) is 5.13 Å². The van der Waals surface area contributed by atoms with E-state index < -0.39 is 0 Å². The number of rotatable bonds is 7. The molecule has 0 atom stereocenters. The smallest absolute Gasteiger partial charge is 0.243 e. The van der Waals surface area contributed by atoms with E-state index in [2.05, 4.69) is 31.0 Å². The van der Waals surface area contributed by atoms with Crippen LogP contribution in [0.3, 0.4) is 0 Å². The molecule has 6 heteroatoms. The Bertz CT molecular complexity index is 1090. The Morgan fingerprint density at radius 3 is 2.50 bits per heavy atom. The molecule has 0 N–H and O–H groups in total. The molecule has 4 rings (SSSR count). The molecule has 0 saturated carbocycles. The maximum absolute atomic E-state index is 13.3. The van der Waals surface area contributed by atoms with Crippen LogP contribution in [-0.4, -0.2) is 21.6 Å². The van der Waals surface area contributed by atoms with Gasteiger partial charge in [-0.3, -0.25) is 14.7 Å². The number of hydrogen-bond donors (Lipinski definition) is 0. The Kier molecular flexibility index (Phi) is 6.45. The first kappa shape index (κ1) is 20.6. The van der Waals surface area contributed by atoms with Gasteiger partial charge in [-0.1, -0.05) is 55.5 Å². The zero-order valence-corrected chi connectivity index (χ0v) is 18.6. The largest absolute Gasteiger partial charge is 0.273 e. The Hall–Kier alpha value is -2.70. The minimum atomic E-state index is 0.0206. The number of aromatic nitrogens is 2. The zero-order valence-electron chi connectivity index (χ0n) is 17.0. The summed E-state index contributed by atoms with van der Waals surface area (Å²) < 4.78 is 1.07. The lowest BCUT2D eigenvalue weighted by molar-refractivity contribution is -0.115. The molecule has 0 aliphatic heterocycles. The van der Waals surface area contributed by atoms with Crippen molar-refractivity contribution in [1.82, 2.24) is 9.97 Å². The molecule has 2 aromatic heterocycles. The van der Waals surface area contributed by atoms with E-state index >= 15 is 0 Å². The molecule has 0 radical (unpaired) electrons. The van der Waals surface area contributed by atoms with Gasteiger partial charge in [0.25, 0.3) is 0 Å². The van der Waals surface area contributed by atoms with Crippen molar-refractivity contribution in [3.05, 3.63) is 84.2 Å². The Morgan fingerprint density at radius 1 is 1.03 bits per heavy atom. The van der Waals surface area contributed by atoms with E-state index in [9.17, 15) is 4.79 Å². The highest BCUT2D eigenvalue weighted by Crippen LogP contribution is 2.34. The van der Waals surface area contributed by atoms with Crippen molar-refractivity contribution in [2.45, 2.75) is 25.5 Å². The highest BCUT2D eigenvalue weighted by atomic mass is 32.2. The maximum atomic E-state index is 13.3. The number of para-hydroxylation sites is 1. The van der Waals surface area contributed by atoms with E-state index in [1.54, 1.807) is 34.2 Å². The molecule has 0 spiro atoms. The second-order valence-corrected chi connectivity index (χ2v) is 9.25. The van der Waals surface area contributed by atoms with Crippen LogP contribution >= 0.6 is 23.1 Å². The molecular weight excluding hydrogens is 410 g/mol. The molecule has 4 nitrogen and oxygen atoms in total. The molecule has 0 aliphatic rings. The Balaban J connectivity index is 1.59. The lowest BCUT2D eigenvalue weighted by Gasteiger charge is -2.20. The lowest BCUT2D eigenvalue weighted by Crippen LogP contribution is -2.27. The van der Waals surface area contributed by atoms with Gasteiger partial charge in [-0.25, -0.2) is 4.98 Å². The SMILES string of the molecule is CC(C)c1ccc(N(C(=O)CSCc2ccccn2)c2nc3ccccc3s2)cc1. The number of carbonyl (C=O) groups is 1. The van der Waals surface area contributed by atoms with Gasteiger partial charge < -0.3 is 0 Å². The van der Waals surface area contributed by atoms with Crippen molar-refractivity contribution in [2.24, 2.45) is 0 Å². The van der Waals surface area contributed by atoms with Gasteiger partial charge in [-0.2, -0.15) is 0 Å². The molecule has 152 valence electrons. The van der Waals surface area contributed by atoms with Gasteiger partial charge in [0.1, 0.15) is 0 Å². The number of nitrogens with zero attached hydrogens (tertiary/aromatic N) is 3. The summed E-state index contributed by atoms with van der Waals surface area (Å²) in [4.78, 5) is 24.1. The first-order chi connectivity index (χ1) is 14.6. The minimum absolute atomic E-state index is 0.0206. The standard InChI is InChI=1S/C24H23N3OS2/c1-17(2)18-10-12-20(13-11-18)27(24-26-21-8-3-4-9-22(21)30-24)23(28)16-29-15-19-7-5-6-14-25-19/h3-14,17H,15-16H2,1-2H3. The number of carbonyl (C=O) groups excluding carboxylic acids is 1. The number of thiazole rings is 1. The summed E-state index contributed by atoms with van der Waals surface area (Å²) in [5.74, 6) is 1.53. The number of fused-ring (bicyclic) bond motifs is 1. The maximum Gasteiger partial charge on any atom is 0.243 e. The monoisotopic (exact) mass is 433 g/mol. The van der Waals surface area contributed by atoms with Crippen molar-refractivity contribution in [2.75, 3.05) is 10.7 Å². The van der Waals surface area contributed by atoms with Crippen LogP contribution in [0, 0.1) is 0 Å². The van der Waals surface area contributed by atoms with Crippen LogP contribution in [0.4, 0.5) is 10.8 Å². The van der Waals surface area contributed by atoms with Crippen molar-refractivity contribution in [3.63, 3.8) is 0 Å². The molecule has 0 bridgehead atoms. The molecule has 0 aliphatic carbocycles. The number of amides is 1. The predicted molar refractivity (Wildman–Crippen MR) is 128 cm³/mol. The van der Waals surface area contributed by atoms with Crippen molar-refractivity contribution in [3.8, 4) is 0 Å². The molecule has 2 heterocycles. The summed E-state index contributed by atoms with van der Waals surface area (Å²) in [5, 5.41) is 0.705. The summed E-state index contributed by atoms with van der Waals surface area (Å²) in [6, 6.07) is 22.0. The molecule has 4 aromatic rings. The van der Waals surface area contributed by atoms with Gasteiger partial charge in [0, 0.05) is 11.9 Å². The Labute approximate surface area is 185 Å². The molecule has 2 aromatic carbocycles. The zero-order chi connectivity index (χ0) is 20.9. The number of pyridine rings is 1. The van der Waals surface area contributed by atoms with E-state index in [0.717, 1.165) is 21.6 Å². The van der Waals surface area contributed by atoms with Gasteiger partial charge in [-0.05, 0) is 47.9 Å². The van der Waals surface area contributed by atoms with E-state index in [4.69, 9.17) is 4.98 Å². The van der Waals surface area contributed by atoms with Crippen molar-refractivity contribution >= 4 is 50.0 Å². The fourth-order valence-corrected chi connectivity index (χ4v) is 4.91. The van der Waals surface area contributed by atoms with Crippen LogP contribution in [0.5, 0.6) is 0 Å². The Morgan fingerprint density at radius 2 is 1.80 bits per heavy atom. The van der Waals surface area contributed by atoms with Crippen LogP contribution < -0.4 is 4.90 Å². The van der Waals surface area contributed by atoms with E-state index in [-0.39, 0.29) is 5.91 Å². The molecule has 0 saturated heterocycles. The summed E-state index contributed by atoms with van der Waals surface area (Å²) in [5.41, 5.74) is 3.99. The second kappa shape index (κ2) is 9.41. The third-order valence-electron chi connectivity index (χ3n) is 4.74. The average molecular weight is 434 g/mol. The normalized spacial score (nSPS) is 11.2. The van der Waals surface area contributed by atoms with Gasteiger partial charge in [0.2, 0.25) is 5.91 Å². The van der Waals surface area contributed by atoms with Gasteiger partial charge >= 0.3 is 0 Å². The average Bonchev–Trinajstić information content (AvgIpc) is 3.18. The van der Waals surface area contributed by atoms with Crippen LogP contribution in [-0.2, 0) is 10.5 Å². The van der Waals surface area contributed by atoms with E-state index in [0.29, 0.717) is 22.6 Å². The number of thioether (sulfide) groups is 1. The molecule has 30 heavy (non-hydrogen) atoms. The summed E-state index contributed by atoms with van der Waals surface area (Å²) >= 11 is 3.11. The highest BCUT2D eigenvalue weighted by Gasteiger charge is 2.22. The van der Waals surface area contributed by atoms with E-state index in [1.165, 1.54) is 5.56 Å². The van der Waals surface area contributed by atoms with E-state index in [1.807, 2.05) is 54.6 Å². The molecule has 0 fully saturated rings. The topological polar surface area (TPSA) is 46.1 Å². The number of hydrogen-bond acceptors (Lipinski definition) is 5. The van der Waals surface area contributed by atoms with Crippen LogP contribution in [0.1, 0.15) is 31.0 Å². The first-order valence-corrected chi connectivity index (χ1v) is 11.8. The van der Waals surface area contributed by atoms with Crippen molar-refractivity contribution < 1.29 is 4.79 Å². The third kappa shape index (κ3) is 4.71. The minimum Gasteiger partial charge on any atom is -0.273 e. The van der Waals surface area contributed by atoms with Gasteiger partial charge in [0.05, 0.1) is 27.4 Å². The molecular formula is C24H23N3OS2. The lowest BCUT2D eigenvalue weighted by atomic mass is 10.0. The highest BCUT2D eigenvalue weighted by molar-refractivity contribution is 7.99. The van der Waals surface area contributed by atoms with Crippen LogP contribution in [0.25, 0.3) is 10.2 Å². The summed E-state index contributed by atoms with van der Waals surface area (Å²) in [6.07, 6.45) is 1.78. The quantitative estimate of drug-likeness (QED) is 0.338. The van der Waals surface area contributed by atoms with Crippen LogP contribution in [0.2, 0.25) is 0 Å². The van der Waals surface area contributed by atoms with Crippen molar-refractivity contribution in [1.29, 1.82) is 0 Å². The molecule has 1 amide bonds. The fourth-order valence-electron chi connectivity index (χ4n) is 3.12. The fraction of sp³-hybridized carbons (Fsp3) is 0.208. The molecule has 0 unspecified atom stereocenters. The predicted octanol–water partition coefficient (Wildman–Crippen LogP) is 6.41. The van der Waals surface area contributed by atoms with Crippen LogP contribution in [0.15, 0.2) is 72.9 Å². The second-order valence-electron chi connectivity index (χ2n) is 7.25. The summed E-state index contributed by atoms with van der Waals surface area (Å²) in [6.45, 7) is 4.33. The van der Waals surface area contributed by atoms with Gasteiger partial charge in [-0.15, -0.1) is 11.8 Å².